The summed E-state index contributed by atoms with van der Waals surface area (Å²) in [6, 6.07) is 12.1. The number of carbonyl (C=O) groups is 1. The molecule has 1 aliphatic heterocycles. The van der Waals surface area contributed by atoms with Gasteiger partial charge in [0.2, 0.25) is 0 Å². The van der Waals surface area contributed by atoms with Gasteiger partial charge in [0.1, 0.15) is 0 Å². The largest absolute Gasteiger partial charge is 0.367 e. The minimum absolute atomic E-state index is 0.0469. The maximum absolute atomic E-state index is 13.3. The zero-order chi connectivity index (χ0) is 22.1. The highest BCUT2D eigenvalue weighted by molar-refractivity contribution is 14.1. The van der Waals surface area contributed by atoms with Crippen LogP contribution in [0.15, 0.2) is 42.5 Å². The van der Waals surface area contributed by atoms with E-state index in [1.807, 2.05) is 29.2 Å². The highest BCUT2D eigenvalue weighted by atomic mass is 127. The summed E-state index contributed by atoms with van der Waals surface area (Å²) in [5, 5.41) is 19.6. The Morgan fingerprint density at radius 3 is 2.48 bits per heavy atom. The van der Waals surface area contributed by atoms with Crippen LogP contribution < -0.4 is 4.90 Å². The maximum atomic E-state index is 13.3. The van der Waals surface area contributed by atoms with Crippen LogP contribution in [-0.4, -0.2) is 56.9 Å². The van der Waals surface area contributed by atoms with Crippen molar-refractivity contribution in [1.29, 1.82) is 0 Å². The summed E-state index contributed by atoms with van der Waals surface area (Å²) in [4.78, 5) is 27.6. The summed E-state index contributed by atoms with van der Waals surface area (Å²) in [6.45, 7) is 3.88. The average Bonchev–Trinajstić information content (AvgIpc) is 3.14. The molecule has 0 unspecified atom stereocenters. The molecule has 0 radical (unpaired) electrons. The molecule has 1 amide bonds. The Kier molecular flexibility index (Phi) is 6.10. The predicted molar refractivity (Wildman–Crippen MR) is 125 cm³/mol. The first-order valence-electron chi connectivity index (χ1n) is 9.52. The molecule has 2 heterocycles. The molecule has 31 heavy (non-hydrogen) atoms. The van der Waals surface area contributed by atoms with Gasteiger partial charge < -0.3 is 9.80 Å². The van der Waals surface area contributed by atoms with Crippen molar-refractivity contribution in [3.63, 3.8) is 0 Å². The van der Waals surface area contributed by atoms with Crippen LogP contribution >= 0.6 is 34.2 Å². The molecule has 1 fully saturated rings. The number of nitro benzene ring substituents is 1. The third-order valence-electron chi connectivity index (χ3n) is 5.17. The van der Waals surface area contributed by atoms with Gasteiger partial charge in [0.05, 0.1) is 27.0 Å². The van der Waals surface area contributed by atoms with Gasteiger partial charge in [0.25, 0.3) is 11.6 Å². The van der Waals surface area contributed by atoms with Gasteiger partial charge in [-0.3, -0.25) is 14.9 Å². The summed E-state index contributed by atoms with van der Waals surface area (Å²) in [7, 11) is 0. The molecule has 0 atom stereocenters. The van der Waals surface area contributed by atoms with Crippen LogP contribution in [0, 0.1) is 20.6 Å². The van der Waals surface area contributed by atoms with Crippen LogP contribution in [-0.2, 0) is 0 Å². The van der Waals surface area contributed by atoms with Gasteiger partial charge in [-0.15, -0.1) is 5.10 Å². The number of carbonyl (C=O) groups excluding carboxylic acids is 1. The molecule has 0 saturated carbocycles. The first kappa shape index (κ1) is 21.5. The fourth-order valence-electron chi connectivity index (χ4n) is 3.56. The minimum Gasteiger partial charge on any atom is -0.367 e. The lowest BCUT2D eigenvalue weighted by Gasteiger charge is -2.36. The zero-order valence-corrected chi connectivity index (χ0v) is 19.4. The number of hydrogen-bond donors (Lipinski definition) is 0. The topological polar surface area (TPSA) is 97.4 Å². The van der Waals surface area contributed by atoms with E-state index in [1.54, 1.807) is 22.6 Å². The van der Waals surface area contributed by atoms with Gasteiger partial charge >= 0.3 is 0 Å². The molecule has 0 N–H and O–H groups in total. The highest BCUT2D eigenvalue weighted by Crippen LogP contribution is 2.30. The lowest BCUT2D eigenvalue weighted by molar-refractivity contribution is -0.384. The number of non-ortho nitro benzene ring substituents is 1. The first-order chi connectivity index (χ1) is 14.9. The molecule has 1 saturated heterocycles. The van der Waals surface area contributed by atoms with E-state index >= 15 is 0 Å². The Bertz CT molecular complexity index is 1160. The second-order valence-corrected chi connectivity index (χ2v) is 8.63. The van der Waals surface area contributed by atoms with Crippen LogP contribution in [0.25, 0.3) is 5.69 Å². The molecule has 0 bridgehead atoms. The van der Waals surface area contributed by atoms with Crippen molar-refractivity contribution in [3.05, 3.63) is 72.6 Å². The van der Waals surface area contributed by atoms with Crippen molar-refractivity contribution < 1.29 is 9.72 Å². The van der Waals surface area contributed by atoms with Crippen LogP contribution in [0.5, 0.6) is 0 Å². The molecular formula is C20H18ClIN6O3. The Hall–Kier alpha value is -2.73. The number of aryl methyl sites for hydroxylation is 1. The van der Waals surface area contributed by atoms with Gasteiger partial charge in [-0.25, -0.2) is 4.68 Å². The number of para-hydroxylation sites is 1. The van der Waals surface area contributed by atoms with E-state index in [-0.39, 0.29) is 11.6 Å². The maximum Gasteiger partial charge on any atom is 0.274 e. The number of nitrogens with zero attached hydrogens (tertiary/aromatic N) is 6. The monoisotopic (exact) mass is 552 g/mol. The van der Waals surface area contributed by atoms with E-state index in [0.29, 0.717) is 42.6 Å². The van der Waals surface area contributed by atoms with Crippen molar-refractivity contribution in [2.75, 3.05) is 31.1 Å². The highest BCUT2D eigenvalue weighted by Gasteiger charge is 2.28. The number of amides is 1. The minimum atomic E-state index is -0.473. The fraction of sp³-hybridized carbons (Fsp3) is 0.250. The third-order valence-corrected chi connectivity index (χ3v) is 6.39. The lowest BCUT2D eigenvalue weighted by atomic mass is 10.2. The first-order valence-corrected chi connectivity index (χ1v) is 11.0. The average molecular weight is 553 g/mol. The summed E-state index contributed by atoms with van der Waals surface area (Å²) in [5.74, 6) is -0.128. The van der Waals surface area contributed by atoms with Crippen molar-refractivity contribution in [2.24, 2.45) is 0 Å². The molecule has 1 aliphatic rings. The number of benzene rings is 2. The Balaban J connectivity index is 1.52. The van der Waals surface area contributed by atoms with Gasteiger partial charge in [0.15, 0.2) is 5.69 Å². The molecular weight excluding hydrogens is 535 g/mol. The number of anilines is 1. The number of aromatic nitrogens is 3. The van der Waals surface area contributed by atoms with Gasteiger partial charge in [-0.1, -0.05) is 28.9 Å². The molecule has 0 aliphatic carbocycles. The number of nitro groups is 1. The predicted octanol–water partition coefficient (Wildman–Crippen LogP) is 3.70. The smallest absolute Gasteiger partial charge is 0.274 e. The standard InChI is InChI=1S/C20H18ClIN6O3/c1-13-19(27(24-23-13)18-5-3-2-4-16(18)22)20(29)26-10-8-25(9-11-26)17-7-6-14(28(30)31)12-15(17)21/h2-7,12H,8-11H2,1H3. The Morgan fingerprint density at radius 2 is 1.84 bits per heavy atom. The molecule has 3 aromatic rings. The fourth-order valence-corrected chi connectivity index (χ4v) is 4.47. The molecule has 9 nitrogen and oxygen atoms in total. The van der Waals surface area contributed by atoms with E-state index in [4.69, 9.17) is 11.6 Å². The van der Waals surface area contributed by atoms with E-state index in [2.05, 4.69) is 32.9 Å². The van der Waals surface area contributed by atoms with E-state index in [1.165, 1.54) is 12.1 Å². The zero-order valence-electron chi connectivity index (χ0n) is 16.5. The number of piperazine rings is 1. The van der Waals surface area contributed by atoms with Gasteiger partial charge in [0, 0.05) is 41.9 Å². The van der Waals surface area contributed by atoms with Crippen LogP contribution in [0.2, 0.25) is 5.02 Å². The van der Waals surface area contributed by atoms with Gasteiger partial charge in [-0.2, -0.15) is 0 Å². The molecule has 0 spiro atoms. The molecule has 11 heteroatoms. The van der Waals surface area contributed by atoms with Crippen LogP contribution in [0.3, 0.4) is 0 Å². The van der Waals surface area contributed by atoms with Crippen molar-refractivity contribution in [1.82, 2.24) is 19.9 Å². The number of hydrogen-bond acceptors (Lipinski definition) is 6. The SMILES string of the molecule is Cc1nnn(-c2ccccc2I)c1C(=O)N1CCN(c2ccc([N+](=O)[O-])cc2Cl)CC1. The molecule has 4 rings (SSSR count). The molecule has 160 valence electrons. The molecule has 1 aromatic heterocycles. The van der Waals surface area contributed by atoms with Crippen molar-refractivity contribution in [2.45, 2.75) is 6.92 Å². The number of halogens is 2. The van der Waals surface area contributed by atoms with Crippen molar-refractivity contribution in [3.8, 4) is 5.69 Å². The van der Waals surface area contributed by atoms with E-state index in [9.17, 15) is 14.9 Å². The van der Waals surface area contributed by atoms with E-state index in [0.717, 1.165) is 14.9 Å². The normalized spacial score (nSPS) is 14.0. The lowest BCUT2D eigenvalue weighted by Crippen LogP contribution is -2.49. The quantitative estimate of drug-likeness (QED) is 0.278. The third kappa shape index (κ3) is 4.22. The van der Waals surface area contributed by atoms with Gasteiger partial charge in [-0.05, 0) is 47.7 Å². The van der Waals surface area contributed by atoms with E-state index < -0.39 is 4.92 Å². The number of rotatable bonds is 4. The summed E-state index contributed by atoms with van der Waals surface area (Å²) in [6.07, 6.45) is 0. The molecule has 2 aromatic carbocycles. The van der Waals surface area contributed by atoms with Crippen LogP contribution in [0.4, 0.5) is 11.4 Å². The summed E-state index contributed by atoms with van der Waals surface area (Å²) in [5.41, 5.74) is 2.51. The summed E-state index contributed by atoms with van der Waals surface area (Å²) < 4.78 is 2.57. The van der Waals surface area contributed by atoms with Crippen molar-refractivity contribution >= 4 is 51.5 Å². The second kappa shape index (κ2) is 8.79. The Labute approximate surface area is 196 Å². The summed E-state index contributed by atoms with van der Waals surface area (Å²) >= 11 is 8.48. The second-order valence-electron chi connectivity index (χ2n) is 7.06. The van der Waals surface area contributed by atoms with Crippen LogP contribution in [0.1, 0.15) is 16.2 Å². The Morgan fingerprint density at radius 1 is 1.13 bits per heavy atom.